The van der Waals surface area contributed by atoms with Crippen LogP contribution in [-0.4, -0.2) is 15.2 Å². The van der Waals surface area contributed by atoms with Crippen molar-refractivity contribution in [2.45, 2.75) is 13.0 Å². The zero-order valence-electron chi connectivity index (χ0n) is 8.32. The summed E-state index contributed by atoms with van der Waals surface area (Å²) >= 11 is 3.07. The Morgan fingerprint density at radius 3 is 2.81 bits per heavy atom. The van der Waals surface area contributed by atoms with E-state index in [2.05, 4.69) is 26.1 Å². The molecule has 16 heavy (non-hydrogen) atoms. The van der Waals surface area contributed by atoms with Crippen LogP contribution in [0.15, 0.2) is 27.2 Å². The molecule has 4 nitrogen and oxygen atoms in total. The zero-order valence-corrected chi connectivity index (χ0v) is 9.90. The van der Waals surface area contributed by atoms with Crippen molar-refractivity contribution in [1.29, 1.82) is 0 Å². The Hall–Kier alpha value is -1.27. The van der Waals surface area contributed by atoms with Crippen molar-refractivity contribution in [3.63, 3.8) is 0 Å². The van der Waals surface area contributed by atoms with Gasteiger partial charge >= 0.3 is 0 Å². The number of nitrogens with zero attached hydrogens (tertiary/aromatic N) is 2. The lowest BCUT2D eigenvalue weighted by Crippen LogP contribution is -1.90. The van der Waals surface area contributed by atoms with Gasteiger partial charge in [-0.05, 0) is 41.1 Å². The first-order valence-corrected chi connectivity index (χ1v) is 5.34. The van der Waals surface area contributed by atoms with Gasteiger partial charge < -0.3 is 9.63 Å². The monoisotopic (exact) mass is 286 g/mol. The molecule has 2 rings (SSSR count). The Kier molecular flexibility index (Phi) is 3.02. The fourth-order valence-electron chi connectivity index (χ4n) is 1.16. The standard InChI is InChI=1S/C10H8BrFN2O2/c1-5(15)10-13-9(14-16-10)6-2-3-8(12)7(11)4-6/h2-5,15H,1H3/t5-/m0/s1. The van der Waals surface area contributed by atoms with Crippen LogP contribution in [0.1, 0.15) is 18.9 Å². The first-order chi connectivity index (χ1) is 7.58. The van der Waals surface area contributed by atoms with Crippen molar-refractivity contribution >= 4 is 15.9 Å². The number of aliphatic hydroxyl groups excluding tert-OH is 1. The number of hydrogen-bond donors (Lipinski definition) is 1. The van der Waals surface area contributed by atoms with E-state index in [4.69, 9.17) is 4.52 Å². The third kappa shape index (κ3) is 2.12. The van der Waals surface area contributed by atoms with E-state index >= 15 is 0 Å². The molecule has 0 radical (unpaired) electrons. The minimum Gasteiger partial charge on any atom is -0.384 e. The van der Waals surface area contributed by atoms with E-state index in [-0.39, 0.29) is 11.7 Å². The SMILES string of the molecule is C[C@H](O)c1nc(-c2ccc(F)c(Br)c2)no1. The van der Waals surface area contributed by atoms with E-state index in [0.717, 1.165) is 0 Å². The van der Waals surface area contributed by atoms with Gasteiger partial charge in [0, 0.05) is 5.56 Å². The van der Waals surface area contributed by atoms with Gasteiger partial charge in [0.15, 0.2) is 0 Å². The number of rotatable bonds is 2. The fraction of sp³-hybridized carbons (Fsp3) is 0.200. The lowest BCUT2D eigenvalue weighted by molar-refractivity contribution is 0.152. The minimum absolute atomic E-state index is 0.135. The van der Waals surface area contributed by atoms with Crippen LogP contribution in [-0.2, 0) is 0 Å². The summed E-state index contributed by atoms with van der Waals surface area (Å²) in [5.41, 5.74) is 0.615. The van der Waals surface area contributed by atoms with Gasteiger partial charge in [-0.25, -0.2) is 4.39 Å². The second kappa shape index (κ2) is 4.31. The van der Waals surface area contributed by atoms with Gasteiger partial charge in [-0.2, -0.15) is 4.98 Å². The van der Waals surface area contributed by atoms with E-state index in [1.165, 1.54) is 19.1 Å². The predicted octanol–water partition coefficient (Wildman–Crippen LogP) is 2.69. The second-order valence-electron chi connectivity index (χ2n) is 3.26. The van der Waals surface area contributed by atoms with E-state index < -0.39 is 6.10 Å². The predicted molar refractivity (Wildman–Crippen MR) is 58.0 cm³/mol. The Morgan fingerprint density at radius 2 is 2.25 bits per heavy atom. The van der Waals surface area contributed by atoms with Gasteiger partial charge in [-0.3, -0.25) is 0 Å². The van der Waals surface area contributed by atoms with Crippen molar-refractivity contribution < 1.29 is 14.0 Å². The highest BCUT2D eigenvalue weighted by Crippen LogP contribution is 2.24. The van der Waals surface area contributed by atoms with Crippen molar-refractivity contribution in [3.05, 3.63) is 34.4 Å². The zero-order chi connectivity index (χ0) is 11.7. The Balaban J connectivity index is 2.39. The molecular formula is C10H8BrFN2O2. The summed E-state index contributed by atoms with van der Waals surface area (Å²) < 4.78 is 18.2. The van der Waals surface area contributed by atoms with Gasteiger partial charge in [0.25, 0.3) is 5.89 Å². The smallest absolute Gasteiger partial charge is 0.255 e. The average Bonchev–Trinajstić information content (AvgIpc) is 2.71. The van der Waals surface area contributed by atoms with Crippen molar-refractivity contribution in [2.24, 2.45) is 0 Å². The Bertz CT molecular complexity index is 513. The molecule has 0 spiro atoms. The van der Waals surface area contributed by atoms with Crippen LogP contribution < -0.4 is 0 Å². The molecule has 1 atom stereocenters. The van der Waals surface area contributed by atoms with Gasteiger partial charge in [0.1, 0.15) is 11.9 Å². The van der Waals surface area contributed by atoms with Crippen LogP contribution in [0.5, 0.6) is 0 Å². The Labute approximate surface area is 99.2 Å². The van der Waals surface area contributed by atoms with E-state index in [9.17, 15) is 9.50 Å². The summed E-state index contributed by atoms with van der Waals surface area (Å²) in [5, 5.41) is 12.9. The average molecular weight is 287 g/mol. The lowest BCUT2D eigenvalue weighted by atomic mass is 10.2. The summed E-state index contributed by atoms with van der Waals surface area (Å²) in [6.45, 7) is 1.53. The fourth-order valence-corrected chi connectivity index (χ4v) is 1.54. The lowest BCUT2D eigenvalue weighted by Gasteiger charge is -1.97. The summed E-state index contributed by atoms with van der Waals surface area (Å²) in [5.74, 6) is 0.0926. The van der Waals surface area contributed by atoms with Crippen LogP contribution in [0.2, 0.25) is 0 Å². The molecule has 0 amide bonds. The highest BCUT2D eigenvalue weighted by Gasteiger charge is 2.13. The first-order valence-electron chi connectivity index (χ1n) is 4.55. The molecule has 0 saturated carbocycles. The number of aromatic nitrogens is 2. The number of aliphatic hydroxyl groups is 1. The molecule has 1 aromatic carbocycles. The molecule has 0 aliphatic carbocycles. The van der Waals surface area contributed by atoms with Gasteiger partial charge in [0.2, 0.25) is 5.82 Å². The van der Waals surface area contributed by atoms with Gasteiger partial charge in [0.05, 0.1) is 4.47 Å². The summed E-state index contributed by atoms with van der Waals surface area (Å²) in [7, 11) is 0. The molecule has 84 valence electrons. The van der Waals surface area contributed by atoms with Crippen LogP contribution in [0.3, 0.4) is 0 Å². The van der Waals surface area contributed by atoms with Gasteiger partial charge in [-0.15, -0.1) is 0 Å². The Morgan fingerprint density at radius 1 is 1.50 bits per heavy atom. The van der Waals surface area contributed by atoms with Gasteiger partial charge in [-0.1, -0.05) is 5.16 Å². The van der Waals surface area contributed by atoms with E-state index in [1.807, 2.05) is 0 Å². The molecule has 0 saturated heterocycles. The molecule has 1 N–H and O–H groups in total. The molecule has 0 aliphatic rings. The molecule has 6 heteroatoms. The summed E-state index contributed by atoms with van der Waals surface area (Å²) in [6.07, 6.45) is -0.815. The molecule has 0 unspecified atom stereocenters. The number of halogens is 2. The third-order valence-corrected chi connectivity index (χ3v) is 2.58. The topological polar surface area (TPSA) is 59.2 Å². The quantitative estimate of drug-likeness (QED) is 0.922. The van der Waals surface area contributed by atoms with Crippen LogP contribution in [0, 0.1) is 5.82 Å². The minimum atomic E-state index is -0.815. The van der Waals surface area contributed by atoms with Crippen molar-refractivity contribution in [2.75, 3.05) is 0 Å². The summed E-state index contributed by atoms with van der Waals surface area (Å²) in [6, 6.07) is 4.39. The van der Waals surface area contributed by atoms with E-state index in [1.54, 1.807) is 6.07 Å². The normalized spacial score (nSPS) is 12.8. The highest BCUT2D eigenvalue weighted by atomic mass is 79.9. The molecule has 0 fully saturated rings. The second-order valence-corrected chi connectivity index (χ2v) is 4.12. The maximum Gasteiger partial charge on any atom is 0.255 e. The van der Waals surface area contributed by atoms with Crippen LogP contribution >= 0.6 is 15.9 Å². The molecule has 0 bridgehead atoms. The van der Waals surface area contributed by atoms with Crippen molar-refractivity contribution in [1.82, 2.24) is 10.1 Å². The van der Waals surface area contributed by atoms with Crippen molar-refractivity contribution in [3.8, 4) is 11.4 Å². The van der Waals surface area contributed by atoms with Crippen LogP contribution in [0.4, 0.5) is 4.39 Å². The van der Waals surface area contributed by atoms with E-state index in [0.29, 0.717) is 15.9 Å². The largest absolute Gasteiger partial charge is 0.384 e. The highest BCUT2D eigenvalue weighted by molar-refractivity contribution is 9.10. The maximum absolute atomic E-state index is 13.0. The number of hydrogen-bond acceptors (Lipinski definition) is 4. The molecule has 2 aromatic rings. The molecule has 1 heterocycles. The molecular weight excluding hydrogens is 279 g/mol. The third-order valence-electron chi connectivity index (χ3n) is 1.98. The molecule has 1 aromatic heterocycles. The number of benzene rings is 1. The first kappa shape index (κ1) is 11.2. The maximum atomic E-state index is 13.0. The van der Waals surface area contributed by atoms with Crippen LogP contribution in [0.25, 0.3) is 11.4 Å². The molecule has 0 aliphatic heterocycles. The summed E-state index contributed by atoms with van der Waals surface area (Å²) in [4.78, 5) is 3.98.